The first kappa shape index (κ1) is 41.4. The molecule has 3 saturated heterocycles. The molecule has 13 nitrogen and oxygen atoms in total. The molecule has 9 unspecified atom stereocenters. The standard InChI is InChI=1S/C38H60O13/c1-5-6-7-8-9-13-32(41)50-36-25(19-33(42)45-4)18-30-23-31(24-39)48-34(43)21-26(40)20-27-11-10-12-28(47-27)22-29-15-17-46-35(49-29)14-16-37(2,3)38(36,44)51-30/h14,16,19,26-31,35-36,39-40,44H,5-13,15,17-18,20-24H2,1-4H3/b16-14+,25-19+. The highest BCUT2D eigenvalue weighted by atomic mass is 16.7. The maximum Gasteiger partial charge on any atom is 0.330 e. The van der Waals surface area contributed by atoms with Crippen LogP contribution in [0.5, 0.6) is 0 Å². The average molecular weight is 725 g/mol. The zero-order chi connectivity index (χ0) is 37.0. The van der Waals surface area contributed by atoms with Gasteiger partial charge in [-0.1, -0.05) is 52.5 Å². The molecule has 0 saturated carbocycles. The molecule has 4 rings (SSSR count). The Morgan fingerprint density at radius 3 is 2.43 bits per heavy atom. The number of fused-ring (bicyclic) bond motifs is 6. The summed E-state index contributed by atoms with van der Waals surface area (Å²) in [5.41, 5.74) is -1.04. The Hall–Kier alpha value is -2.39. The monoisotopic (exact) mass is 724 g/mol. The van der Waals surface area contributed by atoms with Crippen LogP contribution >= 0.6 is 0 Å². The van der Waals surface area contributed by atoms with Crippen molar-refractivity contribution in [2.75, 3.05) is 20.3 Å². The number of methoxy groups -OCH3 is 1. The number of aliphatic hydroxyl groups excluding tert-OH is 2. The van der Waals surface area contributed by atoms with Crippen LogP contribution in [0.15, 0.2) is 23.8 Å². The summed E-state index contributed by atoms with van der Waals surface area (Å²) >= 11 is 0. The summed E-state index contributed by atoms with van der Waals surface area (Å²) in [6.07, 6.45) is 7.50. The lowest BCUT2D eigenvalue weighted by atomic mass is 9.74. The van der Waals surface area contributed by atoms with Crippen LogP contribution in [0.25, 0.3) is 0 Å². The topological polar surface area (TPSA) is 177 Å². The van der Waals surface area contributed by atoms with Gasteiger partial charge in [-0.2, -0.15) is 0 Å². The lowest BCUT2D eigenvalue weighted by molar-refractivity contribution is -0.327. The van der Waals surface area contributed by atoms with Crippen molar-refractivity contribution in [2.45, 2.75) is 172 Å². The second-order valence-corrected chi connectivity index (χ2v) is 15.0. The number of hydrogen-bond donors (Lipinski definition) is 3. The number of carbonyl (C=O) groups is 3. The van der Waals surface area contributed by atoms with Gasteiger partial charge in [0, 0.05) is 30.8 Å². The minimum atomic E-state index is -2.25. The number of ether oxygens (including phenoxy) is 7. The number of hydrogen-bond acceptors (Lipinski definition) is 13. The van der Waals surface area contributed by atoms with Gasteiger partial charge in [0.25, 0.3) is 0 Å². The first-order valence-electron chi connectivity index (χ1n) is 18.8. The van der Waals surface area contributed by atoms with E-state index in [9.17, 15) is 29.7 Å². The molecular weight excluding hydrogens is 664 g/mol. The van der Waals surface area contributed by atoms with Crippen LogP contribution in [0.1, 0.15) is 117 Å². The van der Waals surface area contributed by atoms with E-state index in [2.05, 4.69) is 6.92 Å². The van der Waals surface area contributed by atoms with Crippen molar-refractivity contribution in [1.82, 2.24) is 0 Å². The Bertz CT molecular complexity index is 1200. The highest BCUT2D eigenvalue weighted by molar-refractivity contribution is 5.83. The Morgan fingerprint density at radius 1 is 0.980 bits per heavy atom. The van der Waals surface area contributed by atoms with E-state index in [1.165, 1.54) is 13.2 Å². The molecule has 0 aromatic heterocycles. The maximum atomic E-state index is 13.3. The van der Waals surface area contributed by atoms with Gasteiger partial charge >= 0.3 is 17.9 Å². The third-order valence-electron chi connectivity index (χ3n) is 10.3. The van der Waals surface area contributed by atoms with Crippen molar-refractivity contribution in [3.8, 4) is 0 Å². The minimum absolute atomic E-state index is 0.000953. The lowest BCUT2D eigenvalue weighted by Gasteiger charge is -2.51. The molecule has 4 aliphatic heterocycles. The normalized spacial score (nSPS) is 36.4. The van der Waals surface area contributed by atoms with Gasteiger partial charge < -0.3 is 48.5 Å². The summed E-state index contributed by atoms with van der Waals surface area (Å²) in [6, 6.07) is 0. The highest BCUT2D eigenvalue weighted by Crippen LogP contribution is 2.47. The molecule has 3 fully saturated rings. The van der Waals surface area contributed by atoms with Crippen molar-refractivity contribution in [3.63, 3.8) is 0 Å². The molecule has 0 amide bonds. The third-order valence-corrected chi connectivity index (χ3v) is 10.3. The molecule has 9 atom stereocenters. The summed E-state index contributed by atoms with van der Waals surface area (Å²) in [5, 5.41) is 33.6. The molecule has 6 bridgehead atoms. The van der Waals surface area contributed by atoms with Crippen LogP contribution in [-0.4, -0.2) is 108 Å². The number of rotatable bonds is 9. The minimum Gasteiger partial charge on any atom is -0.466 e. The van der Waals surface area contributed by atoms with Gasteiger partial charge in [-0.05, 0) is 56.6 Å². The fourth-order valence-electron chi connectivity index (χ4n) is 7.38. The summed E-state index contributed by atoms with van der Waals surface area (Å²) in [6.45, 7) is 5.42. The van der Waals surface area contributed by atoms with Gasteiger partial charge in [0.05, 0.1) is 57.3 Å². The van der Waals surface area contributed by atoms with E-state index in [0.717, 1.165) is 44.9 Å². The van der Waals surface area contributed by atoms with Crippen LogP contribution in [0.2, 0.25) is 0 Å². The first-order valence-corrected chi connectivity index (χ1v) is 18.8. The molecule has 13 heteroatoms. The molecule has 0 aliphatic carbocycles. The predicted molar refractivity (Wildman–Crippen MR) is 184 cm³/mol. The van der Waals surface area contributed by atoms with E-state index < -0.39 is 66.4 Å². The largest absolute Gasteiger partial charge is 0.466 e. The van der Waals surface area contributed by atoms with E-state index >= 15 is 0 Å². The third kappa shape index (κ3) is 12.1. The Labute approximate surface area is 302 Å². The van der Waals surface area contributed by atoms with Crippen LogP contribution in [0.4, 0.5) is 0 Å². The van der Waals surface area contributed by atoms with Gasteiger partial charge in [-0.3, -0.25) is 9.59 Å². The van der Waals surface area contributed by atoms with E-state index in [4.69, 9.17) is 33.2 Å². The van der Waals surface area contributed by atoms with Crippen LogP contribution < -0.4 is 0 Å². The Morgan fingerprint density at radius 2 is 1.71 bits per heavy atom. The van der Waals surface area contributed by atoms with Crippen molar-refractivity contribution < 1.29 is 62.9 Å². The van der Waals surface area contributed by atoms with Crippen LogP contribution in [0.3, 0.4) is 0 Å². The Balaban J connectivity index is 1.68. The molecule has 290 valence electrons. The first-order chi connectivity index (χ1) is 24.3. The second-order valence-electron chi connectivity index (χ2n) is 15.0. The molecule has 0 radical (unpaired) electrons. The number of cyclic esters (lactones) is 1. The quantitative estimate of drug-likeness (QED) is 0.101. The van der Waals surface area contributed by atoms with E-state index in [1.54, 1.807) is 26.0 Å². The number of esters is 3. The van der Waals surface area contributed by atoms with E-state index in [0.29, 0.717) is 25.9 Å². The number of carbonyl (C=O) groups excluding carboxylic acids is 3. The van der Waals surface area contributed by atoms with Crippen molar-refractivity contribution in [3.05, 3.63) is 23.8 Å². The van der Waals surface area contributed by atoms with E-state index in [-0.39, 0.29) is 56.0 Å². The Kier molecular flexibility index (Phi) is 15.9. The van der Waals surface area contributed by atoms with Gasteiger partial charge in [0.1, 0.15) is 6.10 Å². The maximum absolute atomic E-state index is 13.3. The zero-order valence-corrected chi connectivity index (χ0v) is 30.8. The van der Waals surface area contributed by atoms with Crippen molar-refractivity contribution in [1.29, 1.82) is 0 Å². The lowest BCUT2D eigenvalue weighted by Crippen LogP contribution is -2.62. The van der Waals surface area contributed by atoms with Crippen molar-refractivity contribution >= 4 is 17.9 Å². The molecule has 4 aliphatic rings. The van der Waals surface area contributed by atoms with Crippen LogP contribution in [0, 0.1) is 5.41 Å². The zero-order valence-electron chi connectivity index (χ0n) is 30.8. The fourth-order valence-corrected chi connectivity index (χ4v) is 7.38. The molecule has 0 aromatic rings. The molecule has 51 heavy (non-hydrogen) atoms. The van der Waals surface area contributed by atoms with Gasteiger partial charge in [0.15, 0.2) is 12.4 Å². The summed E-state index contributed by atoms with van der Waals surface area (Å²) in [7, 11) is 1.22. The van der Waals surface area contributed by atoms with E-state index in [1.807, 2.05) is 0 Å². The molecule has 0 spiro atoms. The molecule has 0 aromatic carbocycles. The van der Waals surface area contributed by atoms with Crippen LogP contribution in [-0.2, 0) is 47.5 Å². The smallest absolute Gasteiger partial charge is 0.330 e. The summed E-state index contributed by atoms with van der Waals surface area (Å²) in [4.78, 5) is 38.9. The molecular formula is C38H60O13. The molecule has 4 heterocycles. The van der Waals surface area contributed by atoms with Gasteiger partial charge in [-0.25, -0.2) is 4.79 Å². The SMILES string of the molecule is CCCCCCCC(=O)OC1/C(=C/C(=O)OC)CC2CC(CO)OC(=O)CC(O)CC3CCCC(CC4CCOC(/C=C/C(C)(C)C1(O)O2)O4)O3. The fraction of sp³-hybridized carbons (Fsp3) is 0.816. The van der Waals surface area contributed by atoms with Gasteiger partial charge in [0.2, 0.25) is 5.79 Å². The van der Waals surface area contributed by atoms with Gasteiger partial charge in [-0.15, -0.1) is 0 Å². The molecule has 3 N–H and O–H groups in total. The summed E-state index contributed by atoms with van der Waals surface area (Å²) in [5.74, 6) is -4.21. The average Bonchev–Trinajstić information content (AvgIpc) is 3.08. The second kappa shape index (κ2) is 19.6. The highest BCUT2D eigenvalue weighted by Gasteiger charge is 2.57. The number of aliphatic hydroxyl groups is 3. The van der Waals surface area contributed by atoms with Crippen molar-refractivity contribution in [2.24, 2.45) is 5.41 Å². The predicted octanol–water partition coefficient (Wildman–Crippen LogP) is 4.33. The number of unbranched alkanes of at least 4 members (excludes halogenated alkanes) is 4. The summed E-state index contributed by atoms with van der Waals surface area (Å²) < 4.78 is 41.4.